The molecule has 2 fully saturated rings. The van der Waals surface area contributed by atoms with Gasteiger partial charge in [0.15, 0.2) is 0 Å². The summed E-state index contributed by atoms with van der Waals surface area (Å²) in [7, 11) is 5.41. The quantitative estimate of drug-likeness (QED) is 0.0904. The molecule has 330 valence electrons. The van der Waals surface area contributed by atoms with Crippen LogP contribution in [0.15, 0.2) is 54.7 Å². The number of benzene rings is 2. The maximum absolute atomic E-state index is 14.0. The number of methoxy groups -OCH3 is 1. The second-order valence-corrected chi connectivity index (χ2v) is 17.8. The lowest BCUT2D eigenvalue weighted by atomic mass is 9.84. The first kappa shape index (κ1) is 46.9. The number of ether oxygens (including phenoxy) is 2. The van der Waals surface area contributed by atoms with E-state index in [1.54, 1.807) is 30.4 Å². The monoisotopic (exact) mass is 838 g/mol. The van der Waals surface area contributed by atoms with Gasteiger partial charge in [-0.3, -0.25) is 29.3 Å². The van der Waals surface area contributed by atoms with Gasteiger partial charge in [-0.05, 0) is 125 Å². The van der Waals surface area contributed by atoms with E-state index in [0.29, 0.717) is 38.4 Å². The summed E-state index contributed by atoms with van der Waals surface area (Å²) in [4.78, 5) is 55.1. The lowest BCUT2D eigenvalue weighted by molar-refractivity contribution is -0.141. The zero-order valence-electron chi connectivity index (χ0n) is 37.5. The van der Waals surface area contributed by atoms with Gasteiger partial charge in [0.2, 0.25) is 5.91 Å². The number of hydrogen-bond donors (Lipinski definition) is 3. The van der Waals surface area contributed by atoms with Crippen LogP contribution in [0, 0.1) is 17.3 Å². The highest BCUT2D eigenvalue weighted by Crippen LogP contribution is 2.42. The highest BCUT2D eigenvalue weighted by molar-refractivity contribution is 5.95. The van der Waals surface area contributed by atoms with Crippen LogP contribution in [0.4, 0.5) is 0 Å². The van der Waals surface area contributed by atoms with Crippen LogP contribution in [0.25, 0.3) is 33.3 Å². The Kier molecular flexibility index (Phi) is 16.2. The van der Waals surface area contributed by atoms with Crippen molar-refractivity contribution >= 4 is 35.5 Å². The molecule has 3 unspecified atom stereocenters. The Balaban J connectivity index is 0.00000131. The van der Waals surface area contributed by atoms with Crippen molar-refractivity contribution in [3.63, 3.8) is 0 Å². The molecule has 1 saturated heterocycles. The van der Waals surface area contributed by atoms with Gasteiger partial charge in [-0.2, -0.15) is 0 Å². The molecule has 0 spiro atoms. The second-order valence-electron chi connectivity index (χ2n) is 17.8. The number of pyridine rings is 1. The molecule has 0 radical (unpaired) electrons. The van der Waals surface area contributed by atoms with Crippen molar-refractivity contribution < 1.29 is 33.8 Å². The molecule has 2 amide bonds. The maximum Gasteiger partial charge on any atom is 0.293 e. The summed E-state index contributed by atoms with van der Waals surface area (Å²) < 4.78 is 13.4. The van der Waals surface area contributed by atoms with Crippen molar-refractivity contribution in [3.8, 4) is 28.1 Å². The van der Waals surface area contributed by atoms with E-state index in [-0.39, 0.29) is 42.6 Å². The first-order chi connectivity index (χ1) is 29.1. The minimum absolute atomic E-state index is 0.0281. The summed E-state index contributed by atoms with van der Waals surface area (Å²) in [5.74, 6) is 0.123. The van der Waals surface area contributed by atoms with Gasteiger partial charge in [0.1, 0.15) is 18.1 Å². The fourth-order valence-corrected chi connectivity index (χ4v) is 8.34. The SMILES string of the molecule is CCn1c(-c2cccnc2C(C)OC)c(CC(C)(C)COC=O)c2cc(-c3cc(O)cc(CC(NC(=O)C(C(C)C)N(C)C)C(=O)N4CCCCN4)c3)ccc21.O=CC1CC1. The minimum atomic E-state index is -0.849. The molecule has 1 aliphatic heterocycles. The molecular weight excluding hydrogens is 773 g/mol. The van der Waals surface area contributed by atoms with E-state index < -0.39 is 17.5 Å². The molecule has 2 aromatic carbocycles. The number of amides is 2. The number of aromatic nitrogens is 2. The molecule has 0 bridgehead atoms. The van der Waals surface area contributed by atoms with Gasteiger partial charge in [-0.25, -0.2) is 5.43 Å². The van der Waals surface area contributed by atoms with Crippen LogP contribution >= 0.6 is 0 Å². The number of likely N-dealkylation sites (N-methyl/N-ethyl adjacent to an activating group) is 1. The van der Waals surface area contributed by atoms with Crippen molar-refractivity contribution in [2.45, 2.75) is 105 Å². The molecule has 61 heavy (non-hydrogen) atoms. The molecule has 3 atom stereocenters. The standard InChI is InChI=1S/C44H60N6O6.C4H6O/c1-10-49-38-16-15-31(24-35(38)36(25-44(5,6)26-56-27-51)41(49)34-14-13-17-45-39(34)29(4)55-9)32-20-30(21-33(52)23-32)22-37(43(54)50-19-12-11-18-46-50)47-42(53)40(28(2)3)48(7)8;5-3-4-1-2-4/h13-17,20-21,23-24,27-29,37,40,46,52H,10-12,18-19,22,25-26H2,1-9H3,(H,47,53);3-4H,1-2H2. The third-order valence-electron chi connectivity index (χ3n) is 11.5. The topological polar surface area (TPSA) is 155 Å². The highest BCUT2D eigenvalue weighted by atomic mass is 16.5. The summed E-state index contributed by atoms with van der Waals surface area (Å²) >= 11 is 0. The maximum atomic E-state index is 14.0. The van der Waals surface area contributed by atoms with Gasteiger partial charge in [0, 0.05) is 67.2 Å². The number of carbonyl (C=O) groups excluding carboxylic acids is 4. The predicted molar refractivity (Wildman–Crippen MR) is 239 cm³/mol. The molecule has 13 nitrogen and oxygen atoms in total. The first-order valence-corrected chi connectivity index (χ1v) is 21.6. The number of carbonyl (C=O) groups is 4. The summed E-state index contributed by atoms with van der Waals surface area (Å²) in [6.07, 6.45) is 7.49. The number of aldehydes is 1. The molecule has 3 heterocycles. The van der Waals surface area contributed by atoms with E-state index in [0.717, 1.165) is 82.1 Å². The number of nitrogens with zero attached hydrogens (tertiary/aromatic N) is 4. The lowest BCUT2D eigenvalue weighted by Crippen LogP contribution is -2.58. The molecule has 1 aliphatic carbocycles. The Hall–Kier alpha value is -5.11. The first-order valence-electron chi connectivity index (χ1n) is 21.6. The molecule has 3 N–H and O–H groups in total. The number of aromatic hydroxyl groups is 1. The number of aryl methyl sites for hydroxylation is 1. The molecule has 6 rings (SSSR count). The van der Waals surface area contributed by atoms with Gasteiger partial charge < -0.3 is 29.3 Å². The highest BCUT2D eigenvalue weighted by Gasteiger charge is 2.33. The average Bonchev–Trinajstić information content (AvgIpc) is 4.04. The number of rotatable bonds is 18. The van der Waals surface area contributed by atoms with E-state index in [4.69, 9.17) is 14.5 Å². The summed E-state index contributed by atoms with van der Waals surface area (Å²) in [6, 6.07) is 14.4. The number of phenolic OH excluding ortho intramolecular Hbond substituents is 1. The average molecular weight is 839 g/mol. The third-order valence-corrected chi connectivity index (χ3v) is 11.5. The van der Waals surface area contributed by atoms with Crippen LogP contribution in [-0.2, 0) is 48.0 Å². The van der Waals surface area contributed by atoms with E-state index in [9.17, 15) is 24.3 Å². The van der Waals surface area contributed by atoms with Crippen molar-refractivity contribution in [2.75, 3.05) is 40.9 Å². The van der Waals surface area contributed by atoms with Crippen LogP contribution < -0.4 is 10.7 Å². The number of fused-ring (bicyclic) bond motifs is 1. The summed E-state index contributed by atoms with van der Waals surface area (Å²) in [5, 5.41) is 16.9. The van der Waals surface area contributed by atoms with Crippen LogP contribution in [-0.4, -0.2) is 102 Å². The zero-order valence-corrected chi connectivity index (χ0v) is 37.5. The van der Waals surface area contributed by atoms with Crippen LogP contribution in [0.2, 0.25) is 0 Å². The number of nitrogens with one attached hydrogen (secondary N) is 2. The fraction of sp³-hybridized carbons (Fsp3) is 0.521. The molecule has 13 heteroatoms. The normalized spacial score (nSPS) is 15.8. The number of hydrazine groups is 1. The lowest BCUT2D eigenvalue weighted by Gasteiger charge is -2.33. The van der Waals surface area contributed by atoms with Crippen molar-refractivity contribution in [2.24, 2.45) is 17.3 Å². The van der Waals surface area contributed by atoms with Gasteiger partial charge in [-0.15, -0.1) is 0 Å². The smallest absolute Gasteiger partial charge is 0.293 e. The predicted octanol–water partition coefficient (Wildman–Crippen LogP) is 6.88. The van der Waals surface area contributed by atoms with Crippen molar-refractivity contribution in [1.82, 2.24) is 30.2 Å². The Morgan fingerprint density at radius 1 is 1.07 bits per heavy atom. The Bertz CT molecular complexity index is 2130. The molecular formula is C48H66N6O7. The molecule has 2 aromatic heterocycles. The number of phenols is 1. The van der Waals surface area contributed by atoms with Crippen molar-refractivity contribution in [1.29, 1.82) is 0 Å². The van der Waals surface area contributed by atoms with Crippen molar-refractivity contribution in [3.05, 3.63) is 71.5 Å². The Morgan fingerprint density at radius 3 is 2.41 bits per heavy atom. The van der Waals surface area contributed by atoms with E-state index >= 15 is 0 Å². The number of hydrogen-bond acceptors (Lipinski definition) is 10. The zero-order chi connectivity index (χ0) is 44.4. The fourth-order valence-electron chi connectivity index (χ4n) is 8.34. The van der Waals surface area contributed by atoms with E-state index in [1.165, 1.54) is 0 Å². The molecule has 1 saturated carbocycles. The van der Waals surface area contributed by atoms with Crippen LogP contribution in [0.1, 0.15) is 90.2 Å². The van der Waals surface area contributed by atoms with Gasteiger partial charge in [0.25, 0.3) is 12.4 Å². The second kappa shape index (κ2) is 21.1. The van der Waals surface area contributed by atoms with E-state index in [2.05, 4.69) is 60.3 Å². The Labute approximate surface area is 361 Å². The minimum Gasteiger partial charge on any atom is -0.508 e. The summed E-state index contributed by atoms with van der Waals surface area (Å²) in [6.45, 7) is 14.9. The largest absolute Gasteiger partial charge is 0.508 e. The molecule has 4 aromatic rings. The van der Waals surface area contributed by atoms with Crippen LogP contribution in [0.3, 0.4) is 0 Å². The molecule has 2 aliphatic rings. The van der Waals surface area contributed by atoms with Gasteiger partial charge >= 0.3 is 0 Å². The van der Waals surface area contributed by atoms with E-state index in [1.807, 2.05) is 51.9 Å². The van der Waals surface area contributed by atoms with Crippen LogP contribution in [0.5, 0.6) is 5.75 Å². The van der Waals surface area contributed by atoms with Gasteiger partial charge in [-0.1, -0.05) is 39.8 Å². The third kappa shape index (κ3) is 11.8. The Morgan fingerprint density at radius 2 is 1.82 bits per heavy atom. The van der Waals surface area contributed by atoms with Gasteiger partial charge in [0.05, 0.1) is 30.1 Å². The summed E-state index contributed by atoms with van der Waals surface area (Å²) in [5.41, 5.74) is 10.1.